The molecule has 0 N–H and O–H groups in total. The largest absolute Gasteiger partial charge is 0.360 e. The molecule has 0 atom stereocenters. The normalized spacial score (nSPS) is 17.4. The number of amides is 1. The molecule has 124 valence electrons. The number of aromatic nitrogens is 2. The molecule has 25 heavy (non-hydrogen) atoms. The zero-order chi connectivity index (χ0) is 16.9. The van der Waals surface area contributed by atoms with Crippen molar-refractivity contribution in [3.63, 3.8) is 0 Å². The maximum Gasteiger partial charge on any atom is 0.264 e. The monoisotopic (exact) mass is 349 g/mol. The van der Waals surface area contributed by atoms with Gasteiger partial charge in [0.1, 0.15) is 5.60 Å². The second-order valence-electron chi connectivity index (χ2n) is 6.34. The molecule has 1 aromatic carbocycles. The Morgan fingerprint density at radius 3 is 2.76 bits per heavy atom. The van der Waals surface area contributed by atoms with E-state index >= 15 is 0 Å². The zero-order valence-corrected chi connectivity index (χ0v) is 14.2. The number of ether oxygens (including phenoxy) is 1. The molecule has 5 rings (SSSR count). The predicted molar refractivity (Wildman–Crippen MR) is 94.2 cm³/mol. The fraction of sp³-hybridized carbons (Fsp3) is 0.211. The smallest absolute Gasteiger partial charge is 0.264 e. The molecular formula is C19H15N3O2S. The maximum absolute atomic E-state index is 12.4. The second-order valence-corrected chi connectivity index (χ2v) is 7.29. The van der Waals surface area contributed by atoms with Gasteiger partial charge in [-0.25, -0.2) is 9.97 Å². The molecular weight excluding hydrogens is 334 g/mol. The van der Waals surface area contributed by atoms with Crippen LogP contribution >= 0.6 is 11.3 Å². The lowest BCUT2D eigenvalue weighted by Crippen LogP contribution is -2.61. The van der Waals surface area contributed by atoms with Crippen molar-refractivity contribution < 1.29 is 9.53 Å². The fourth-order valence-electron chi connectivity index (χ4n) is 3.45. The molecule has 4 heterocycles. The van der Waals surface area contributed by atoms with E-state index in [1.165, 1.54) is 11.3 Å². The summed E-state index contributed by atoms with van der Waals surface area (Å²) in [4.78, 5) is 24.2. The highest BCUT2D eigenvalue weighted by molar-refractivity contribution is 7.12. The first kappa shape index (κ1) is 14.7. The van der Waals surface area contributed by atoms with Gasteiger partial charge < -0.3 is 9.64 Å². The lowest BCUT2D eigenvalue weighted by atomic mass is 9.87. The first-order valence-corrected chi connectivity index (χ1v) is 9.02. The minimum absolute atomic E-state index is 0.0690. The number of likely N-dealkylation sites (tertiary alicyclic amines) is 1. The van der Waals surface area contributed by atoms with Crippen LogP contribution in [0, 0.1) is 0 Å². The molecule has 0 unspecified atom stereocenters. The molecule has 0 radical (unpaired) electrons. The van der Waals surface area contributed by atoms with E-state index in [0.29, 0.717) is 25.5 Å². The first-order chi connectivity index (χ1) is 12.3. The van der Waals surface area contributed by atoms with Crippen LogP contribution in [-0.4, -0.2) is 33.9 Å². The van der Waals surface area contributed by atoms with E-state index in [4.69, 9.17) is 4.74 Å². The molecule has 1 spiro atoms. The van der Waals surface area contributed by atoms with Crippen LogP contribution in [0.25, 0.3) is 11.4 Å². The average Bonchev–Trinajstić information content (AvgIpc) is 3.28. The van der Waals surface area contributed by atoms with Crippen molar-refractivity contribution in [2.45, 2.75) is 12.2 Å². The molecule has 0 aliphatic carbocycles. The van der Waals surface area contributed by atoms with E-state index < -0.39 is 5.60 Å². The van der Waals surface area contributed by atoms with Gasteiger partial charge in [0.05, 0.1) is 30.3 Å². The number of carbonyl (C=O) groups is 1. The Hall–Kier alpha value is -2.57. The Morgan fingerprint density at radius 1 is 1.16 bits per heavy atom. The molecule has 6 heteroatoms. The lowest BCUT2D eigenvalue weighted by molar-refractivity contribution is -0.126. The Morgan fingerprint density at radius 2 is 2.00 bits per heavy atom. The van der Waals surface area contributed by atoms with Crippen LogP contribution in [0.2, 0.25) is 0 Å². The average molecular weight is 349 g/mol. The summed E-state index contributed by atoms with van der Waals surface area (Å²) in [6.45, 7) is 1.59. The Balaban J connectivity index is 1.39. The highest BCUT2D eigenvalue weighted by atomic mass is 32.1. The van der Waals surface area contributed by atoms with Gasteiger partial charge in [-0.15, -0.1) is 11.3 Å². The molecule has 1 fully saturated rings. The quantitative estimate of drug-likeness (QED) is 0.713. The Kier molecular flexibility index (Phi) is 3.23. The molecule has 1 saturated heterocycles. The first-order valence-electron chi connectivity index (χ1n) is 8.14. The van der Waals surface area contributed by atoms with E-state index in [-0.39, 0.29) is 5.91 Å². The molecule has 3 aromatic rings. The van der Waals surface area contributed by atoms with E-state index in [2.05, 4.69) is 9.97 Å². The van der Waals surface area contributed by atoms with E-state index in [1.807, 2.05) is 58.9 Å². The molecule has 5 nitrogen and oxygen atoms in total. The number of thiophene rings is 1. The summed E-state index contributed by atoms with van der Waals surface area (Å²) in [5, 5.41) is 1.92. The summed E-state index contributed by atoms with van der Waals surface area (Å²) in [6.07, 6.45) is 1.87. The van der Waals surface area contributed by atoms with Gasteiger partial charge in [-0.2, -0.15) is 0 Å². The van der Waals surface area contributed by atoms with Crippen LogP contribution in [0.4, 0.5) is 0 Å². The summed E-state index contributed by atoms with van der Waals surface area (Å²) < 4.78 is 6.04. The molecule has 2 aliphatic rings. The number of benzene rings is 1. The van der Waals surface area contributed by atoms with Gasteiger partial charge in [0, 0.05) is 17.3 Å². The highest BCUT2D eigenvalue weighted by Gasteiger charge is 2.52. The van der Waals surface area contributed by atoms with Gasteiger partial charge in [-0.3, -0.25) is 4.79 Å². The fourth-order valence-corrected chi connectivity index (χ4v) is 4.14. The number of fused-ring (bicyclic) bond motifs is 2. The van der Waals surface area contributed by atoms with Crippen molar-refractivity contribution in [1.29, 1.82) is 0 Å². The van der Waals surface area contributed by atoms with Gasteiger partial charge in [0.25, 0.3) is 5.91 Å². The Bertz CT molecular complexity index is 935. The molecule has 2 aromatic heterocycles. The third-order valence-electron chi connectivity index (χ3n) is 4.79. The summed E-state index contributed by atoms with van der Waals surface area (Å²) in [5.74, 6) is 0.783. The molecule has 0 saturated carbocycles. The second kappa shape index (κ2) is 5.47. The van der Waals surface area contributed by atoms with Crippen LogP contribution in [0.15, 0.2) is 54.0 Å². The van der Waals surface area contributed by atoms with Crippen molar-refractivity contribution in [3.05, 3.63) is 70.2 Å². The van der Waals surface area contributed by atoms with Gasteiger partial charge in [-0.1, -0.05) is 36.4 Å². The van der Waals surface area contributed by atoms with E-state index in [0.717, 1.165) is 21.7 Å². The minimum atomic E-state index is -0.433. The predicted octanol–water partition coefficient (Wildman–Crippen LogP) is 3.09. The molecule has 1 amide bonds. The summed E-state index contributed by atoms with van der Waals surface area (Å²) in [7, 11) is 0. The van der Waals surface area contributed by atoms with E-state index in [9.17, 15) is 4.79 Å². The summed E-state index contributed by atoms with van der Waals surface area (Å²) >= 11 is 1.47. The van der Waals surface area contributed by atoms with Crippen molar-refractivity contribution in [2.75, 3.05) is 13.1 Å². The third-order valence-corrected chi connectivity index (χ3v) is 5.65. The number of rotatable bonds is 2. The SMILES string of the molecule is O=C(c1cccs1)N1CC2(C1)OCc1nc(-c3ccccc3)ncc12. The van der Waals surface area contributed by atoms with Crippen molar-refractivity contribution >= 4 is 17.2 Å². The van der Waals surface area contributed by atoms with Gasteiger partial charge in [0.2, 0.25) is 0 Å². The van der Waals surface area contributed by atoms with Crippen molar-refractivity contribution in [1.82, 2.24) is 14.9 Å². The minimum Gasteiger partial charge on any atom is -0.360 e. The van der Waals surface area contributed by atoms with Gasteiger partial charge in [-0.05, 0) is 11.4 Å². The topological polar surface area (TPSA) is 55.3 Å². The van der Waals surface area contributed by atoms with Crippen LogP contribution in [0.3, 0.4) is 0 Å². The molecule has 0 bridgehead atoms. The van der Waals surface area contributed by atoms with Gasteiger partial charge >= 0.3 is 0 Å². The number of hydrogen-bond donors (Lipinski definition) is 0. The summed E-state index contributed by atoms with van der Waals surface area (Å²) in [5.41, 5.74) is 2.51. The van der Waals surface area contributed by atoms with Gasteiger partial charge in [0.15, 0.2) is 5.82 Å². The van der Waals surface area contributed by atoms with Crippen LogP contribution in [0.5, 0.6) is 0 Å². The standard InChI is InChI=1S/C19H15N3O2S/c23-18(16-7-4-8-25-16)22-11-19(12-22)14-9-20-17(21-15(14)10-24-19)13-5-2-1-3-6-13/h1-9H,10-12H2. The zero-order valence-electron chi connectivity index (χ0n) is 13.4. The molecule has 2 aliphatic heterocycles. The summed E-state index contributed by atoms with van der Waals surface area (Å²) in [6, 6.07) is 13.7. The van der Waals surface area contributed by atoms with Crippen LogP contribution in [-0.2, 0) is 16.9 Å². The maximum atomic E-state index is 12.4. The third kappa shape index (κ3) is 2.29. The number of hydrogen-bond acceptors (Lipinski definition) is 5. The van der Waals surface area contributed by atoms with Crippen molar-refractivity contribution in [3.8, 4) is 11.4 Å². The number of nitrogens with zero attached hydrogens (tertiary/aromatic N) is 3. The highest BCUT2D eigenvalue weighted by Crippen LogP contribution is 2.43. The Labute approximate surface area is 148 Å². The van der Waals surface area contributed by atoms with E-state index in [1.54, 1.807) is 0 Å². The van der Waals surface area contributed by atoms with Crippen LogP contribution < -0.4 is 0 Å². The van der Waals surface area contributed by atoms with Crippen LogP contribution in [0.1, 0.15) is 20.9 Å². The number of carbonyl (C=O) groups excluding carboxylic acids is 1. The van der Waals surface area contributed by atoms with Crippen molar-refractivity contribution in [2.24, 2.45) is 0 Å². The lowest BCUT2D eigenvalue weighted by Gasteiger charge is -2.47.